The molecule has 0 radical (unpaired) electrons. The second-order valence-corrected chi connectivity index (χ2v) is 12.0. The van der Waals surface area contributed by atoms with Crippen LogP contribution in [0.5, 0.6) is 0 Å². The van der Waals surface area contributed by atoms with Gasteiger partial charge in [0.2, 0.25) is 0 Å². The predicted octanol–water partition coefficient (Wildman–Crippen LogP) is 7.30. The summed E-state index contributed by atoms with van der Waals surface area (Å²) in [5.74, 6) is 2.56. The normalized spacial score (nSPS) is 20.2. The molecule has 0 aromatic carbocycles. The van der Waals surface area contributed by atoms with Crippen LogP contribution in [-0.4, -0.2) is 53.8 Å². The molecule has 0 amide bonds. The fourth-order valence-electron chi connectivity index (χ4n) is 5.82. The molecule has 0 aliphatic carbocycles. The van der Waals surface area contributed by atoms with Crippen molar-refractivity contribution in [3.8, 4) is 12.3 Å². The Hall–Kier alpha value is -1.92. The Bertz CT molecular complexity index is 972. The minimum Gasteiger partial charge on any atom is -0.379 e. The van der Waals surface area contributed by atoms with Crippen LogP contribution in [0.25, 0.3) is 0 Å². The Kier molecular flexibility index (Phi) is 20.3. The smallest absolute Gasteiger partial charge is 0.330 e. The molecule has 0 spiro atoms. The van der Waals surface area contributed by atoms with Crippen LogP contribution in [0.1, 0.15) is 143 Å². The van der Waals surface area contributed by atoms with Crippen molar-refractivity contribution in [1.29, 1.82) is 0 Å². The van der Waals surface area contributed by atoms with E-state index in [9.17, 15) is 9.59 Å². The Morgan fingerprint density at radius 2 is 1.44 bits per heavy atom. The van der Waals surface area contributed by atoms with Gasteiger partial charge in [-0.1, -0.05) is 123 Å². The monoisotopic (exact) mass is 604 g/mol. The van der Waals surface area contributed by atoms with Gasteiger partial charge in [-0.3, -0.25) is 14.3 Å². The third kappa shape index (κ3) is 14.6. The molecule has 1 aliphatic heterocycles. The van der Waals surface area contributed by atoms with Crippen molar-refractivity contribution in [2.45, 2.75) is 167 Å². The molecule has 2 heterocycles. The van der Waals surface area contributed by atoms with E-state index in [2.05, 4.69) is 31.7 Å². The van der Waals surface area contributed by atoms with Crippen molar-refractivity contribution in [3.63, 3.8) is 0 Å². The molecular formula is C35H60N2O6. The largest absolute Gasteiger partial charge is 0.379 e. The van der Waals surface area contributed by atoms with E-state index in [1.54, 1.807) is 0 Å². The summed E-state index contributed by atoms with van der Waals surface area (Å²) in [4.78, 5) is 26.9. The van der Waals surface area contributed by atoms with Crippen LogP contribution in [0.15, 0.2) is 21.9 Å². The first kappa shape index (κ1) is 37.3. The topological polar surface area (TPSA) is 91.8 Å². The summed E-state index contributed by atoms with van der Waals surface area (Å²) in [6.07, 6.45) is 26.0. The van der Waals surface area contributed by atoms with E-state index in [4.69, 9.17) is 25.4 Å². The van der Waals surface area contributed by atoms with E-state index in [-0.39, 0.29) is 12.7 Å². The lowest BCUT2D eigenvalue weighted by molar-refractivity contribution is -0.109. The molecule has 1 N–H and O–H groups in total. The number of nitrogens with zero attached hydrogens (tertiary/aromatic N) is 1. The summed E-state index contributed by atoms with van der Waals surface area (Å²) >= 11 is 0. The molecule has 43 heavy (non-hydrogen) atoms. The third-order valence-corrected chi connectivity index (χ3v) is 8.30. The highest BCUT2D eigenvalue weighted by Crippen LogP contribution is 2.35. The van der Waals surface area contributed by atoms with Gasteiger partial charge in [0.25, 0.3) is 5.56 Å². The molecule has 246 valence electrons. The van der Waals surface area contributed by atoms with Crippen molar-refractivity contribution in [2.24, 2.45) is 0 Å². The lowest BCUT2D eigenvalue weighted by Crippen LogP contribution is -2.42. The van der Waals surface area contributed by atoms with Crippen LogP contribution in [0.4, 0.5) is 0 Å². The zero-order valence-electron chi connectivity index (χ0n) is 27.4. The molecule has 1 saturated heterocycles. The molecule has 2 rings (SSSR count). The number of aromatic amines is 1. The Balaban J connectivity index is 2.20. The van der Waals surface area contributed by atoms with Crippen LogP contribution >= 0.6 is 0 Å². The second kappa shape index (κ2) is 23.5. The number of terminal acetylenes is 1. The lowest BCUT2D eigenvalue weighted by atomic mass is 10.0. The number of unbranched alkanes of at least 4 members (excludes halogenated alkanes) is 13. The standard InChI is InChI=1S/C35H60N2O6/c1-5-9-12-15-18-21-27-40-28-30-32(42-29(22-19-16-13-10-6-2)23-20-17-14-11-7-3)33(41-26-8-4)34(43-30)37-25-24-31(38)36-35(37)39/h4,24-25,29-30,32-34H,5-7,9-23,26-28H2,1-3H3,(H,36,38,39). The number of hydrogen-bond donors (Lipinski definition) is 1. The minimum atomic E-state index is -0.792. The van der Waals surface area contributed by atoms with E-state index >= 15 is 0 Å². The number of rotatable bonds is 26. The van der Waals surface area contributed by atoms with Gasteiger partial charge in [-0.25, -0.2) is 4.79 Å². The van der Waals surface area contributed by atoms with E-state index in [0.29, 0.717) is 13.2 Å². The number of H-pyrrole nitrogens is 1. The van der Waals surface area contributed by atoms with Gasteiger partial charge in [0.05, 0.1) is 12.7 Å². The molecule has 1 fully saturated rings. The third-order valence-electron chi connectivity index (χ3n) is 8.30. The maximum atomic E-state index is 12.8. The molecule has 1 aliphatic rings. The lowest BCUT2D eigenvalue weighted by Gasteiger charge is -2.29. The number of hydrogen-bond acceptors (Lipinski definition) is 6. The molecule has 4 atom stereocenters. The van der Waals surface area contributed by atoms with E-state index in [0.717, 1.165) is 38.5 Å². The molecule has 4 unspecified atom stereocenters. The molecule has 0 saturated carbocycles. The van der Waals surface area contributed by atoms with Crippen molar-refractivity contribution in [1.82, 2.24) is 9.55 Å². The predicted molar refractivity (Wildman–Crippen MR) is 173 cm³/mol. The molecule has 1 aromatic rings. The van der Waals surface area contributed by atoms with Crippen molar-refractivity contribution in [2.75, 3.05) is 19.8 Å². The van der Waals surface area contributed by atoms with E-state index < -0.39 is 35.8 Å². The van der Waals surface area contributed by atoms with E-state index in [1.807, 2.05) is 0 Å². The molecule has 8 heteroatoms. The quantitative estimate of drug-likeness (QED) is 0.0881. The number of aromatic nitrogens is 2. The zero-order chi connectivity index (χ0) is 31.1. The van der Waals surface area contributed by atoms with Crippen molar-refractivity contribution >= 4 is 0 Å². The summed E-state index contributed by atoms with van der Waals surface area (Å²) in [7, 11) is 0. The first-order chi connectivity index (χ1) is 21.0. The van der Waals surface area contributed by atoms with Crippen molar-refractivity contribution < 1.29 is 18.9 Å². The summed E-state index contributed by atoms with van der Waals surface area (Å²) < 4.78 is 27.0. The Labute approximate surface area is 260 Å². The summed E-state index contributed by atoms with van der Waals surface area (Å²) in [6, 6.07) is 1.32. The van der Waals surface area contributed by atoms with Crippen LogP contribution in [0.2, 0.25) is 0 Å². The Morgan fingerprint density at radius 1 is 0.860 bits per heavy atom. The SMILES string of the molecule is C#CCOC1C(OC(CCCCCCC)CCCCCCC)C(COCCCCCCCC)OC1n1ccc(=O)[nH]c1=O. The van der Waals surface area contributed by atoms with Gasteiger partial charge in [-0.15, -0.1) is 6.42 Å². The first-order valence-corrected chi connectivity index (χ1v) is 17.3. The highest BCUT2D eigenvalue weighted by atomic mass is 16.6. The molecule has 1 aromatic heterocycles. The molecule has 8 nitrogen and oxygen atoms in total. The fourth-order valence-corrected chi connectivity index (χ4v) is 5.82. The average molecular weight is 605 g/mol. The summed E-state index contributed by atoms with van der Waals surface area (Å²) in [6.45, 7) is 7.74. The number of nitrogens with one attached hydrogen (secondary N) is 1. The maximum Gasteiger partial charge on any atom is 0.330 e. The van der Waals surface area contributed by atoms with Crippen molar-refractivity contribution in [3.05, 3.63) is 33.1 Å². The fraction of sp³-hybridized carbons (Fsp3) is 0.829. The van der Waals surface area contributed by atoms with Gasteiger partial charge < -0.3 is 18.9 Å². The molecular weight excluding hydrogens is 544 g/mol. The highest BCUT2D eigenvalue weighted by Gasteiger charge is 2.48. The van der Waals surface area contributed by atoms with Gasteiger partial charge in [0.1, 0.15) is 24.9 Å². The van der Waals surface area contributed by atoms with Crippen LogP contribution in [-0.2, 0) is 18.9 Å². The van der Waals surface area contributed by atoms with Crippen LogP contribution < -0.4 is 11.2 Å². The summed E-state index contributed by atoms with van der Waals surface area (Å²) in [5.41, 5.74) is -1.01. The first-order valence-electron chi connectivity index (χ1n) is 17.3. The van der Waals surface area contributed by atoms with Crippen LogP contribution in [0, 0.1) is 12.3 Å². The number of ether oxygens (including phenoxy) is 4. The van der Waals surface area contributed by atoms with Crippen LogP contribution in [0.3, 0.4) is 0 Å². The van der Waals surface area contributed by atoms with Gasteiger partial charge in [-0.05, 0) is 19.3 Å². The van der Waals surface area contributed by atoms with E-state index in [1.165, 1.54) is 93.9 Å². The zero-order valence-corrected chi connectivity index (χ0v) is 27.4. The summed E-state index contributed by atoms with van der Waals surface area (Å²) in [5, 5.41) is 0. The average Bonchev–Trinajstić information content (AvgIpc) is 3.33. The Morgan fingerprint density at radius 3 is 2.02 bits per heavy atom. The van der Waals surface area contributed by atoms with Gasteiger partial charge in [0.15, 0.2) is 6.23 Å². The van der Waals surface area contributed by atoms with Gasteiger partial charge in [-0.2, -0.15) is 0 Å². The maximum absolute atomic E-state index is 12.8. The molecule has 0 bridgehead atoms. The van der Waals surface area contributed by atoms with Gasteiger partial charge in [0, 0.05) is 18.9 Å². The second-order valence-electron chi connectivity index (χ2n) is 12.0. The van der Waals surface area contributed by atoms with Gasteiger partial charge >= 0.3 is 5.69 Å². The minimum absolute atomic E-state index is 0.0564. The highest BCUT2D eigenvalue weighted by molar-refractivity contribution is 4.97.